The quantitative estimate of drug-likeness (QED) is 0.798. The van der Waals surface area contributed by atoms with Crippen molar-refractivity contribution in [1.82, 2.24) is 9.80 Å². The summed E-state index contributed by atoms with van der Waals surface area (Å²) in [4.78, 5) is 39.5. The summed E-state index contributed by atoms with van der Waals surface area (Å²) in [5.41, 5.74) is 0.757. The van der Waals surface area contributed by atoms with Crippen LogP contribution in [0, 0.1) is 11.8 Å². The number of nitrogens with one attached hydrogen (secondary N) is 1. The number of hydrogen-bond donors (Lipinski definition) is 1. The maximum absolute atomic E-state index is 12.7. The smallest absolute Gasteiger partial charge is 0.227 e. The number of anilines is 1. The second-order valence-corrected chi connectivity index (χ2v) is 7.23. The van der Waals surface area contributed by atoms with E-state index in [1.165, 1.54) is 0 Å². The van der Waals surface area contributed by atoms with Crippen molar-refractivity contribution < 1.29 is 19.1 Å². The first kappa shape index (κ1) is 19.2. The summed E-state index contributed by atoms with van der Waals surface area (Å²) in [6.45, 7) is 2.43. The highest BCUT2D eigenvalue weighted by molar-refractivity contribution is 5.92. The lowest BCUT2D eigenvalue weighted by Crippen LogP contribution is -2.50. The van der Waals surface area contributed by atoms with Gasteiger partial charge in [-0.2, -0.15) is 0 Å². The molecule has 1 aliphatic carbocycles. The molecule has 1 aromatic carbocycles. The molecule has 1 aromatic rings. The van der Waals surface area contributed by atoms with Gasteiger partial charge in [-0.15, -0.1) is 0 Å². The van der Waals surface area contributed by atoms with E-state index in [0.29, 0.717) is 26.2 Å². The molecule has 1 saturated carbocycles. The van der Waals surface area contributed by atoms with Crippen molar-refractivity contribution in [3.8, 4) is 5.75 Å². The van der Waals surface area contributed by atoms with E-state index in [1.54, 1.807) is 12.0 Å². The van der Waals surface area contributed by atoms with E-state index >= 15 is 0 Å². The molecule has 0 radical (unpaired) electrons. The zero-order valence-corrected chi connectivity index (χ0v) is 15.7. The molecular formula is C20H27N3O4. The highest BCUT2D eigenvalue weighted by Gasteiger charge is 2.33. The van der Waals surface area contributed by atoms with E-state index in [2.05, 4.69) is 5.32 Å². The molecule has 7 nitrogen and oxygen atoms in total. The fraction of sp³-hybridized carbons (Fsp3) is 0.550. The maximum Gasteiger partial charge on any atom is 0.227 e. The van der Waals surface area contributed by atoms with Gasteiger partial charge in [-0.05, 0) is 49.9 Å². The van der Waals surface area contributed by atoms with Crippen LogP contribution in [0.3, 0.4) is 0 Å². The summed E-state index contributed by atoms with van der Waals surface area (Å²) < 4.78 is 5.12. The molecule has 1 heterocycles. The molecule has 1 N–H and O–H groups in total. The van der Waals surface area contributed by atoms with Gasteiger partial charge in [0.15, 0.2) is 0 Å². The standard InChI is InChI=1S/C20H27N3O4/c1-27-18-8-6-17(7-9-18)21-19(25)15-2-4-16(5-3-15)20(26)23-12-10-22(14-24)11-13-23/h6-9,14-16H,2-5,10-13H2,1H3,(H,21,25). The Morgan fingerprint density at radius 1 is 1.00 bits per heavy atom. The summed E-state index contributed by atoms with van der Waals surface area (Å²) in [5, 5.41) is 2.95. The first-order chi connectivity index (χ1) is 13.1. The molecule has 27 heavy (non-hydrogen) atoms. The van der Waals surface area contributed by atoms with Gasteiger partial charge in [-0.25, -0.2) is 0 Å². The van der Waals surface area contributed by atoms with Gasteiger partial charge in [0.2, 0.25) is 18.2 Å². The average Bonchev–Trinajstić information content (AvgIpc) is 2.74. The van der Waals surface area contributed by atoms with Crippen LogP contribution in [-0.2, 0) is 14.4 Å². The summed E-state index contributed by atoms with van der Waals surface area (Å²) in [6, 6.07) is 7.28. The Hall–Kier alpha value is -2.57. The number of ether oxygens (including phenoxy) is 1. The Bertz CT molecular complexity index is 660. The number of carbonyl (C=O) groups excluding carboxylic acids is 3. The van der Waals surface area contributed by atoms with E-state index in [9.17, 15) is 14.4 Å². The van der Waals surface area contributed by atoms with Gasteiger partial charge in [0.25, 0.3) is 0 Å². The molecular weight excluding hydrogens is 346 g/mol. The van der Waals surface area contributed by atoms with Crippen LogP contribution in [0.2, 0.25) is 0 Å². The van der Waals surface area contributed by atoms with E-state index in [-0.39, 0.29) is 23.7 Å². The van der Waals surface area contributed by atoms with Crippen LogP contribution in [0.15, 0.2) is 24.3 Å². The minimum atomic E-state index is -0.0527. The predicted octanol–water partition coefficient (Wildman–Crippen LogP) is 1.74. The van der Waals surface area contributed by atoms with Crippen molar-refractivity contribution in [1.29, 1.82) is 0 Å². The lowest BCUT2D eigenvalue weighted by atomic mass is 9.80. The number of amides is 3. The number of benzene rings is 1. The Morgan fingerprint density at radius 2 is 1.59 bits per heavy atom. The number of methoxy groups -OCH3 is 1. The van der Waals surface area contributed by atoms with Gasteiger partial charge >= 0.3 is 0 Å². The zero-order chi connectivity index (χ0) is 19.2. The van der Waals surface area contributed by atoms with Crippen molar-refractivity contribution in [2.24, 2.45) is 11.8 Å². The molecule has 0 bridgehead atoms. The lowest BCUT2D eigenvalue weighted by molar-refractivity contribution is -0.140. The molecule has 1 saturated heterocycles. The molecule has 0 spiro atoms. The van der Waals surface area contributed by atoms with Crippen molar-refractivity contribution in [2.75, 3.05) is 38.6 Å². The first-order valence-corrected chi connectivity index (χ1v) is 9.53. The molecule has 7 heteroatoms. The lowest BCUT2D eigenvalue weighted by Gasteiger charge is -2.36. The summed E-state index contributed by atoms with van der Waals surface area (Å²) >= 11 is 0. The number of rotatable bonds is 5. The third kappa shape index (κ3) is 4.78. The Labute approximate surface area is 159 Å². The van der Waals surface area contributed by atoms with Crippen LogP contribution in [0.1, 0.15) is 25.7 Å². The molecule has 2 fully saturated rings. The largest absolute Gasteiger partial charge is 0.497 e. The van der Waals surface area contributed by atoms with Crippen LogP contribution in [0.5, 0.6) is 5.75 Å². The fourth-order valence-electron chi connectivity index (χ4n) is 3.83. The van der Waals surface area contributed by atoms with Crippen molar-refractivity contribution in [3.63, 3.8) is 0 Å². The van der Waals surface area contributed by atoms with Crippen LogP contribution in [0.25, 0.3) is 0 Å². The minimum absolute atomic E-state index is 0.00202. The molecule has 3 rings (SSSR count). The minimum Gasteiger partial charge on any atom is -0.497 e. The SMILES string of the molecule is COc1ccc(NC(=O)C2CCC(C(=O)N3CCN(C=O)CC3)CC2)cc1. The van der Waals surface area contributed by atoms with Gasteiger partial charge in [0.05, 0.1) is 7.11 Å². The third-order valence-electron chi connectivity index (χ3n) is 5.58. The molecule has 0 atom stereocenters. The normalized spacial score (nSPS) is 22.9. The van der Waals surface area contributed by atoms with Crippen molar-refractivity contribution in [2.45, 2.75) is 25.7 Å². The van der Waals surface area contributed by atoms with Crippen molar-refractivity contribution in [3.05, 3.63) is 24.3 Å². The van der Waals surface area contributed by atoms with Gasteiger partial charge < -0.3 is 19.9 Å². The average molecular weight is 373 g/mol. The van der Waals surface area contributed by atoms with Crippen LogP contribution in [-0.4, -0.2) is 61.3 Å². The Morgan fingerprint density at radius 3 is 2.15 bits per heavy atom. The molecule has 3 amide bonds. The molecule has 2 aliphatic rings. The molecule has 1 aliphatic heterocycles. The van der Waals surface area contributed by atoms with Gasteiger partial charge in [0, 0.05) is 43.7 Å². The van der Waals surface area contributed by atoms with Crippen LogP contribution < -0.4 is 10.1 Å². The highest BCUT2D eigenvalue weighted by Crippen LogP contribution is 2.31. The third-order valence-corrected chi connectivity index (χ3v) is 5.58. The zero-order valence-electron chi connectivity index (χ0n) is 15.7. The maximum atomic E-state index is 12.7. The Kier molecular flexibility index (Phi) is 6.32. The first-order valence-electron chi connectivity index (χ1n) is 9.53. The van der Waals surface area contributed by atoms with Crippen LogP contribution in [0.4, 0.5) is 5.69 Å². The van der Waals surface area contributed by atoms with Gasteiger partial charge in [-0.1, -0.05) is 0 Å². The van der Waals surface area contributed by atoms with E-state index < -0.39 is 0 Å². The molecule has 146 valence electrons. The topological polar surface area (TPSA) is 79.0 Å². The Balaban J connectivity index is 1.45. The second-order valence-electron chi connectivity index (χ2n) is 7.23. The van der Waals surface area contributed by atoms with Gasteiger partial charge in [0.1, 0.15) is 5.75 Å². The monoisotopic (exact) mass is 373 g/mol. The summed E-state index contributed by atoms with van der Waals surface area (Å²) in [5.74, 6) is 0.891. The van der Waals surface area contributed by atoms with Crippen LogP contribution >= 0.6 is 0 Å². The summed E-state index contributed by atoms with van der Waals surface area (Å²) in [7, 11) is 1.61. The summed E-state index contributed by atoms with van der Waals surface area (Å²) in [6.07, 6.45) is 3.79. The molecule has 0 unspecified atom stereocenters. The predicted molar refractivity (Wildman–Crippen MR) is 101 cm³/mol. The van der Waals surface area contributed by atoms with E-state index in [1.807, 2.05) is 29.2 Å². The second kappa shape index (κ2) is 8.88. The molecule has 0 aromatic heterocycles. The van der Waals surface area contributed by atoms with Crippen molar-refractivity contribution >= 4 is 23.9 Å². The number of carbonyl (C=O) groups is 3. The number of nitrogens with zero attached hydrogens (tertiary/aromatic N) is 2. The number of piperazine rings is 1. The highest BCUT2D eigenvalue weighted by atomic mass is 16.5. The van der Waals surface area contributed by atoms with E-state index in [0.717, 1.165) is 43.5 Å². The van der Waals surface area contributed by atoms with Gasteiger partial charge in [-0.3, -0.25) is 14.4 Å². The van der Waals surface area contributed by atoms with E-state index in [4.69, 9.17) is 4.74 Å². The fourth-order valence-corrected chi connectivity index (χ4v) is 3.83. The number of hydrogen-bond acceptors (Lipinski definition) is 4.